The Bertz CT molecular complexity index is 997. The third-order valence-electron chi connectivity index (χ3n) is 6.27. The summed E-state index contributed by atoms with van der Waals surface area (Å²) < 4.78 is 5.54. The molecular weight excluding hydrogens is 434 g/mol. The van der Waals surface area contributed by atoms with Gasteiger partial charge in [-0.2, -0.15) is 0 Å². The minimum atomic E-state index is -0.360. The first-order valence-electron chi connectivity index (χ1n) is 11.7. The maximum atomic E-state index is 12.6. The number of hydrogen-bond donors (Lipinski definition) is 0. The van der Waals surface area contributed by atoms with Gasteiger partial charge in [-0.15, -0.1) is 0 Å². The molecule has 34 heavy (non-hydrogen) atoms. The smallest absolute Gasteiger partial charge is 0.410 e. The Labute approximate surface area is 199 Å². The SMILES string of the molecule is CC1(C)CC(=O)N(CCc2ccc(OC(=O)N3CCN(Cc4ccncn4)CC3)cc2)C(=O)C1. The highest BCUT2D eigenvalue weighted by molar-refractivity contribution is 5.98. The van der Waals surface area contributed by atoms with Crippen molar-refractivity contribution in [3.63, 3.8) is 0 Å². The number of rotatable bonds is 6. The molecule has 2 aliphatic rings. The Kier molecular flexibility index (Phi) is 7.21. The first kappa shape index (κ1) is 23.8. The number of piperidine rings is 1. The number of piperazine rings is 1. The van der Waals surface area contributed by atoms with Gasteiger partial charge >= 0.3 is 6.09 Å². The zero-order valence-electron chi connectivity index (χ0n) is 19.8. The van der Waals surface area contributed by atoms with Gasteiger partial charge < -0.3 is 9.64 Å². The summed E-state index contributed by atoms with van der Waals surface area (Å²) in [6.45, 7) is 7.69. The van der Waals surface area contributed by atoms with Crippen LogP contribution in [0.1, 0.15) is 37.9 Å². The number of carbonyl (C=O) groups excluding carboxylic acids is 3. The number of imide groups is 1. The van der Waals surface area contributed by atoms with Gasteiger partial charge in [0.25, 0.3) is 0 Å². The minimum absolute atomic E-state index is 0.107. The standard InChI is InChI=1S/C25H31N5O4/c1-25(2)15-22(31)30(23(32)16-25)10-8-19-3-5-21(6-4-19)34-24(33)29-13-11-28(12-14-29)17-20-7-9-26-18-27-20/h3-7,9,18H,8,10-17H2,1-2H3. The van der Waals surface area contributed by atoms with Crippen LogP contribution in [0.3, 0.4) is 0 Å². The van der Waals surface area contributed by atoms with Gasteiger partial charge in [-0.05, 0) is 35.6 Å². The van der Waals surface area contributed by atoms with Crippen LogP contribution in [0, 0.1) is 5.41 Å². The highest BCUT2D eigenvalue weighted by atomic mass is 16.6. The molecule has 0 unspecified atom stereocenters. The van der Waals surface area contributed by atoms with E-state index in [-0.39, 0.29) is 23.3 Å². The number of amides is 3. The molecule has 0 N–H and O–H groups in total. The van der Waals surface area contributed by atoms with Crippen LogP contribution in [-0.2, 0) is 22.6 Å². The molecule has 0 aliphatic carbocycles. The summed E-state index contributed by atoms with van der Waals surface area (Å²) in [5.41, 5.74) is 1.67. The van der Waals surface area contributed by atoms with Crippen molar-refractivity contribution < 1.29 is 19.1 Å². The normalized spacial score (nSPS) is 18.8. The molecule has 2 aliphatic heterocycles. The molecular formula is C25H31N5O4. The van der Waals surface area contributed by atoms with E-state index in [0.717, 1.165) is 30.9 Å². The zero-order chi connectivity index (χ0) is 24.1. The Balaban J connectivity index is 1.22. The number of aromatic nitrogens is 2. The van der Waals surface area contributed by atoms with Crippen molar-refractivity contribution in [2.75, 3.05) is 32.7 Å². The fourth-order valence-electron chi connectivity index (χ4n) is 4.32. The average molecular weight is 466 g/mol. The Morgan fingerprint density at radius 1 is 1.00 bits per heavy atom. The molecule has 2 fully saturated rings. The second-order valence-electron chi connectivity index (χ2n) is 9.68. The Morgan fingerprint density at radius 3 is 2.29 bits per heavy atom. The van der Waals surface area contributed by atoms with E-state index in [9.17, 15) is 14.4 Å². The lowest BCUT2D eigenvalue weighted by atomic mass is 9.81. The van der Waals surface area contributed by atoms with Crippen LogP contribution in [0.25, 0.3) is 0 Å². The Morgan fingerprint density at radius 2 is 1.68 bits per heavy atom. The summed E-state index contributed by atoms with van der Waals surface area (Å²) in [4.78, 5) is 50.7. The van der Waals surface area contributed by atoms with E-state index >= 15 is 0 Å². The maximum Gasteiger partial charge on any atom is 0.415 e. The molecule has 1 aromatic carbocycles. The summed E-state index contributed by atoms with van der Waals surface area (Å²) >= 11 is 0. The highest BCUT2D eigenvalue weighted by Gasteiger charge is 2.37. The minimum Gasteiger partial charge on any atom is -0.410 e. The number of likely N-dealkylation sites (tertiary alicyclic amines) is 1. The summed E-state index contributed by atoms with van der Waals surface area (Å²) in [5.74, 6) is 0.261. The second kappa shape index (κ2) is 10.3. The predicted molar refractivity (Wildman–Crippen MR) is 125 cm³/mol. The van der Waals surface area contributed by atoms with E-state index in [1.54, 1.807) is 29.6 Å². The Hall–Kier alpha value is -3.33. The predicted octanol–water partition coefficient (Wildman–Crippen LogP) is 2.51. The lowest BCUT2D eigenvalue weighted by molar-refractivity contribution is -0.152. The lowest BCUT2D eigenvalue weighted by Gasteiger charge is -2.34. The van der Waals surface area contributed by atoms with Gasteiger partial charge in [-0.3, -0.25) is 19.4 Å². The zero-order valence-corrected chi connectivity index (χ0v) is 19.8. The number of ether oxygens (including phenoxy) is 1. The van der Waals surface area contributed by atoms with Gasteiger partial charge in [-0.25, -0.2) is 14.8 Å². The lowest BCUT2D eigenvalue weighted by Crippen LogP contribution is -2.49. The highest BCUT2D eigenvalue weighted by Crippen LogP contribution is 2.31. The van der Waals surface area contributed by atoms with Crippen molar-refractivity contribution in [3.8, 4) is 5.75 Å². The van der Waals surface area contributed by atoms with Crippen molar-refractivity contribution in [2.45, 2.75) is 39.7 Å². The molecule has 0 saturated carbocycles. The fraction of sp³-hybridized carbons (Fsp3) is 0.480. The average Bonchev–Trinajstić information content (AvgIpc) is 2.80. The first-order chi connectivity index (χ1) is 16.3. The van der Waals surface area contributed by atoms with Gasteiger partial charge in [-0.1, -0.05) is 26.0 Å². The molecule has 0 bridgehead atoms. The monoisotopic (exact) mass is 465 g/mol. The number of hydrogen-bond acceptors (Lipinski definition) is 7. The first-order valence-corrected chi connectivity index (χ1v) is 11.7. The third-order valence-corrected chi connectivity index (χ3v) is 6.27. The number of nitrogens with zero attached hydrogens (tertiary/aromatic N) is 5. The van der Waals surface area contributed by atoms with Crippen LogP contribution in [0.2, 0.25) is 0 Å². The molecule has 0 atom stereocenters. The quantitative estimate of drug-likeness (QED) is 0.605. The summed E-state index contributed by atoms with van der Waals surface area (Å²) in [7, 11) is 0. The number of benzene rings is 1. The van der Waals surface area contributed by atoms with E-state index in [1.165, 1.54) is 4.90 Å². The van der Waals surface area contributed by atoms with E-state index in [1.807, 2.05) is 32.0 Å². The molecule has 1 aromatic heterocycles. The van der Waals surface area contributed by atoms with Crippen LogP contribution in [0.15, 0.2) is 42.9 Å². The van der Waals surface area contributed by atoms with Gasteiger partial charge in [0.1, 0.15) is 12.1 Å². The fourth-order valence-corrected chi connectivity index (χ4v) is 4.32. The maximum absolute atomic E-state index is 12.6. The number of carbonyl (C=O) groups is 3. The van der Waals surface area contributed by atoms with Crippen molar-refractivity contribution in [3.05, 3.63) is 54.1 Å². The summed E-state index contributed by atoms with van der Waals surface area (Å²) in [5, 5.41) is 0. The van der Waals surface area contributed by atoms with Gasteiger partial charge in [0, 0.05) is 58.3 Å². The van der Waals surface area contributed by atoms with Crippen LogP contribution in [0.4, 0.5) is 4.79 Å². The molecule has 2 saturated heterocycles. The topological polar surface area (TPSA) is 95.9 Å². The van der Waals surface area contributed by atoms with Gasteiger partial charge in [0.05, 0.1) is 5.69 Å². The van der Waals surface area contributed by atoms with Crippen LogP contribution in [0.5, 0.6) is 5.75 Å². The molecule has 180 valence electrons. The van der Waals surface area contributed by atoms with E-state index in [0.29, 0.717) is 44.6 Å². The molecule has 3 amide bonds. The molecule has 9 nitrogen and oxygen atoms in total. The molecule has 0 radical (unpaired) electrons. The largest absolute Gasteiger partial charge is 0.415 e. The van der Waals surface area contributed by atoms with Crippen molar-refractivity contribution >= 4 is 17.9 Å². The molecule has 9 heteroatoms. The van der Waals surface area contributed by atoms with Gasteiger partial charge in [0.2, 0.25) is 11.8 Å². The van der Waals surface area contributed by atoms with Crippen LogP contribution < -0.4 is 4.74 Å². The summed E-state index contributed by atoms with van der Waals surface area (Å²) in [6.07, 6.45) is 4.27. The van der Waals surface area contributed by atoms with E-state index in [4.69, 9.17) is 4.74 Å². The molecule has 4 rings (SSSR count). The third kappa shape index (κ3) is 6.17. The van der Waals surface area contributed by atoms with Crippen LogP contribution >= 0.6 is 0 Å². The van der Waals surface area contributed by atoms with E-state index < -0.39 is 0 Å². The van der Waals surface area contributed by atoms with Crippen LogP contribution in [-0.4, -0.2) is 75.3 Å². The summed E-state index contributed by atoms with van der Waals surface area (Å²) in [6, 6.07) is 9.13. The molecule has 3 heterocycles. The van der Waals surface area contributed by atoms with Crippen molar-refractivity contribution in [1.29, 1.82) is 0 Å². The van der Waals surface area contributed by atoms with E-state index in [2.05, 4.69) is 14.9 Å². The molecule has 2 aromatic rings. The van der Waals surface area contributed by atoms with Gasteiger partial charge in [0.15, 0.2) is 0 Å². The second-order valence-corrected chi connectivity index (χ2v) is 9.68. The van der Waals surface area contributed by atoms with Crippen molar-refractivity contribution in [1.82, 2.24) is 24.7 Å². The van der Waals surface area contributed by atoms with Crippen molar-refractivity contribution in [2.24, 2.45) is 5.41 Å². The molecule has 0 spiro atoms.